The molecule has 0 aromatic carbocycles. The first-order chi connectivity index (χ1) is 7.71. The van der Waals surface area contributed by atoms with Crippen LogP contribution in [0.5, 0.6) is 0 Å². The summed E-state index contributed by atoms with van der Waals surface area (Å²) in [4.78, 5) is 2.34. The fourth-order valence-electron chi connectivity index (χ4n) is 2.02. The van der Waals surface area contributed by atoms with Crippen molar-refractivity contribution >= 4 is 5.84 Å². The molecule has 0 aliphatic carbocycles. The smallest absolute Gasteiger partial charge is 0.169 e. The van der Waals surface area contributed by atoms with Crippen molar-refractivity contribution in [3.05, 3.63) is 0 Å². The van der Waals surface area contributed by atoms with E-state index in [9.17, 15) is 0 Å². The van der Waals surface area contributed by atoms with Crippen molar-refractivity contribution in [2.24, 2.45) is 16.8 Å². The molecule has 1 atom stereocenters. The molecule has 0 saturated carbocycles. The van der Waals surface area contributed by atoms with Gasteiger partial charge in [-0.05, 0) is 5.92 Å². The van der Waals surface area contributed by atoms with Crippen LogP contribution in [-0.4, -0.2) is 48.3 Å². The number of oxime groups is 1. The Bertz CT molecular complexity index is 229. The monoisotopic (exact) mass is 229 g/mol. The largest absolute Gasteiger partial charge is 0.409 e. The van der Waals surface area contributed by atoms with Gasteiger partial charge in [-0.2, -0.15) is 0 Å². The Balaban J connectivity index is 2.44. The molecule has 1 aliphatic heterocycles. The molecule has 1 unspecified atom stereocenters. The van der Waals surface area contributed by atoms with Gasteiger partial charge in [-0.1, -0.05) is 31.8 Å². The molecule has 5 nitrogen and oxygen atoms in total. The van der Waals surface area contributed by atoms with Gasteiger partial charge >= 0.3 is 0 Å². The summed E-state index contributed by atoms with van der Waals surface area (Å²) >= 11 is 0. The first kappa shape index (κ1) is 13.3. The molecule has 1 heterocycles. The van der Waals surface area contributed by atoms with Gasteiger partial charge in [0.25, 0.3) is 0 Å². The van der Waals surface area contributed by atoms with Gasteiger partial charge in [0.15, 0.2) is 5.84 Å². The quantitative estimate of drug-likeness (QED) is 0.317. The molecule has 5 heteroatoms. The number of hydrogen-bond acceptors (Lipinski definition) is 4. The van der Waals surface area contributed by atoms with Gasteiger partial charge in [-0.15, -0.1) is 0 Å². The van der Waals surface area contributed by atoms with Gasteiger partial charge in [0.1, 0.15) is 6.10 Å². The molecule has 1 aliphatic rings. The van der Waals surface area contributed by atoms with Gasteiger partial charge in [0.05, 0.1) is 6.61 Å². The molecule has 0 spiro atoms. The van der Waals surface area contributed by atoms with Crippen molar-refractivity contribution in [3.63, 3.8) is 0 Å². The van der Waals surface area contributed by atoms with Crippen LogP contribution in [0.4, 0.5) is 0 Å². The molecular weight excluding hydrogens is 206 g/mol. The number of nitrogens with two attached hydrogens (primary N) is 1. The maximum absolute atomic E-state index is 8.61. The van der Waals surface area contributed by atoms with Crippen LogP contribution in [0, 0.1) is 5.92 Å². The van der Waals surface area contributed by atoms with Crippen molar-refractivity contribution in [2.45, 2.75) is 32.8 Å². The van der Waals surface area contributed by atoms with E-state index in [1.165, 1.54) is 12.8 Å². The van der Waals surface area contributed by atoms with Crippen LogP contribution in [0.3, 0.4) is 0 Å². The second-order valence-corrected chi connectivity index (χ2v) is 4.33. The highest BCUT2D eigenvalue weighted by Gasteiger charge is 2.24. The molecule has 0 aromatic rings. The van der Waals surface area contributed by atoms with Crippen LogP contribution in [0.25, 0.3) is 0 Å². The summed E-state index contributed by atoms with van der Waals surface area (Å²) < 4.78 is 5.45. The third-order valence-electron chi connectivity index (χ3n) is 3.27. The van der Waals surface area contributed by atoms with Gasteiger partial charge in [0, 0.05) is 19.6 Å². The van der Waals surface area contributed by atoms with Crippen molar-refractivity contribution < 1.29 is 9.94 Å². The van der Waals surface area contributed by atoms with E-state index in [0.717, 1.165) is 25.6 Å². The number of morpholine rings is 1. The van der Waals surface area contributed by atoms with E-state index in [2.05, 4.69) is 23.9 Å². The van der Waals surface area contributed by atoms with Crippen molar-refractivity contribution in [1.82, 2.24) is 4.90 Å². The van der Waals surface area contributed by atoms with E-state index >= 15 is 0 Å². The first-order valence-corrected chi connectivity index (χ1v) is 6.02. The van der Waals surface area contributed by atoms with Crippen LogP contribution < -0.4 is 5.73 Å². The second-order valence-electron chi connectivity index (χ2n) is 4.33. The Morgan fingerprint density at radius 1 is 1.56 bits per heavy atom. The highest BCUT2D eigenvalue weighted by molar-refractivity contribution is 5.84. The fourth-order valence-corrected chi connectivity index (χ4v) is 2.02. The minimum absolute atomic E-state index is 0.175. The standard InChI is InChI=1S/C11H23N3O2/c1-3-9(4-2)7-14-5-6-16-10(8-14)11(12)13-15/h9-10,15H,3-8H2,1-2H3,(H2,12,13). The Kier molecular flexibility index (Phi) is 5.55. The third-order valence-corrected chi connectivity index (χ3v) is 3.27. The number of nitrogens with zero attached hydrogens (tertiary/aromatic N) is 2. The molecule has 1 saturated heterocycles. The summed E-state index contributed by atoms with van der Waals surface area (Å²) in [6.45, 7) is 7.83. The summed E-state index contributed by atoms with van der Waals surface area (Å²) in [5.41, 5.74) is 5.55. The average Bonchev–Trinajstić information content (AvgIpc) is 2.35. The molecule has 0 aromatic heterocycles. The van der Waals surface area contributed by atoms with Crippen LogP contribution in [0.15, 0.2) is 5.16 Å². The third kappa shape index (κ3) is 3.64. The average molecular weight is 229 g/mol. The summed E-state index contributed by atoms with van der Waals surface area (Å²) in [5, 5.41) is 11.6. The van der Waals surface area contributed by atoms with Crippen LogP contribution in [0.1, 0.15) is 26.7 Å². The van der Waals surface area contributed by atoms with E-state index in [1.807, 2.05) is 0 Å². The number of ether oxygens (including phenoxy) is 1. The summed E-state index contributed by atoms with van der Waals surface area (Å²) in [7, 11) is 0. The number of hydrogen-bond donors (Lipinski definition) is 2. The second kappa shape index (κ2) is 6.70. The lowest BCUT2D eigenvalue weighted by molar-refractivity contribution is -0.00143. The maximum atomic E-state index is 8.61. The van der Waals surface area contributed by atoms with E-state index < -0.39 is 0 Å². The predicted octanol–water partition coefficient (Wildman–Crippen LogP) is 0.870. The zero-order valence-electron chi connectivity index (χ0n) is 10.2. The van der Waals surface area contributed by atoms with Gasteiger partial charge in [-0.25, -0.2) is 0 Å². The number of rotatable bonds is 5. The SMILES string of the molecule is CCC(CC)CN1CCOC(C(N)=NO)C1. The molecule has 1 rings (SSSR count). The molecular formula is C11H23N3O2. The van der Waals surface area contributed by atoms with Crippen LogP contribution in [0.2, 0.25) is 0 Å². The Hall–Kier alpha value is -0.810. The van der Waals surface area contributed by atoms with Crippen molar-refractivity contribution in [3.8, 4) is 0 Å². The van der Waals surface area contributed by atoms with Gasteiger partial charge in [0.2, 0.25) is 0 Å². The van der Waals surface area contributed by atoms with E-state index in [0.29, 0.717) is 6.61 Å². The normalized spacial score (nSPS) is 23.9. The topological polar surface area (TPSA) is 71.1 Å². The Morgan fingerprint density at radius 3 is 2.81 bits per heavy atom. The highest BCUT2D eigenvalue weighted by Crippen LogP contribution is 2.13. The number of amidine groups is 1. The molecule has 0 bridgehead atoms. The molecule has 3 N–H and O–H groups in total. The lowest BCUT2D eigenvalue weighted by Crippen LogP contribution is -2.49. The molecule has 1 fully saturated rings. The van der Waals surface area contributed by atoms with Crippen LogP contribution in [-0.2, 0) is 4.74 Å². The highest BCUT2D eigenvalue weighted by atomic mass is 16.5. The van der Waals surface area contributed by atoms with Gasteiger partial charge in [-0.3, -0.25) is 4.90 Å². The fraction of sp³-hybridized carbons (Fsp3) is 0.909. The zero-order valence-corrected chi connectivity index (χ0v) is 10.2. The first-order valence-electron chi connectivity index (χ1n) is 6.02. The van der Waals surface area contributed by atoms with Crippen molar-refractivity contribution in [1.29, 1.82) is 0 Å². The lowest BCUT2D eigenvalue weighted by atomic mass is 10.0. The summed E-state index contributed by atoms with van der Waals surface area (Å²) in [6.07, 6.45) is 2.14. The van der Waals surface area contributed by atoms with Gasteiger partial charge < -0.3 is 15.7 Å². The Morgan fingerprint density at radius 2 is 2.25 bits per heavy atom. The van der Waals surface area contributed by atoms with Crippen molar-refractivity contribution in [2.75, 3.05) is 26.2 Å². The molecule has 16 heavy (non-hydrogen) atoms. The molecule has 0 radical (unpaired) electrons. The molecule has 94 valence electrons. The molecule has 0 amide bonds. The minimum atomic E-state index is -0.256. The Labute approximate surface area is 97.2 Å². The minimum Gasteiger partial charge on any atom is -0.409 e. The summed E-state index contributed by atoms with van der Waals surface area (Å²) in [6, 6.07) is 0. The van der Waals surface area contributed by atoms with E-state index in [-0.39, 0.29) is 11.9 Å². The van der Waals surface area contributed by atoms with E-state index in [1.54, 1.807) is 0 Å². The predicted molar refractivity (Wildman–Crippen MR) is 63.7 cm³/mol. The summed E-state index contributed by atoms with van der Waals surface area (Å²) in [5.74, 6) is 0.903. The zero-order chi connectivity index (χ0) is 12.0. The van der Waals surface area contributed by atoms with E-state index in [4.69, 9.17) is 15.7 Å². The van der Waals surface area contributed by atoms with Crippen LogP contribution >= 0.6 is 0 Å². The lowest BCUT2D eigenvalue weighted by Gasteiger charge is -2.34. The maximum Gasteiger partial charge on any atom is 0.169 e.